The second-order valence-electron chi connectivity index (χ2n) is 11.3. The Morgan fingerprint density at radius 2 is 1.59 bits per heavy atom. The fourth-order valence-corrected chi connectivity index (χ4v) is 4.77. The average molecular weight is 566 g/mol. The van der Waals surface area contributed by atoms with Crippen molar-refractivity contribution < 1.29 is 27.9 Å². The lowest BCUT2D eigenvalue weighted by molar-refractivity contribution is -0.851. The van der Waals surface area contributed by atoms with Gasteiger partial charge in [0.2, 0.25) is 5.91 Å². The molecule has 1 aliphatic carbocycles. The Kier molecular flexibility index (Phi) is 12.6. The molecule has 0 aliphatic heterocycles. The number of carbonyl (C=O) groups is 2. The van der Waals surface area contributed by atoms with Crippen molar-refractivity contribution in [2.24, 2.45) is 0 Å². The Hall–Kier alpha value is -3.45. The smallest absolute Gasteiger partial charge is 0.343 e. The highest BCUT2D eigenvalue weighted by molar-refractivity contribution is 5.92. The van der Waals surface area contributed by atoms with E-state index in [2.05, 4.69) is 38.5 Å². The summed E-state index contributed by atoms with van der Waals surface area (Å²) in [4.78, 5) is 24.6. The number of esters is 1. The van der Waals surface area contributed by atoms with Crippen molar-refractivity contribution in [3.05, 3.63) is 82.8 Å². The summed E-state index contributed by atoms with van der Waals surface area (Å²) in [6.45, 7) is 6.32. The van der Waals surface area contributed by atoms with E-state index in [0.29, 0.717) is 29.9 Å². The summed E-state index contributed by atoms with van der Waals surface area (Å²) in [7, 11) is 4.46. The number of nitrogens with one attached hydrogen (secondary N) is 1. The first-order valence-electron chi connectivity index (χ1n) is 14.9. The lowest BCUT2D eigenvalue weighted by Crippen LogP contribution is -2.38. The van der Waals surface area contributed by atoms with Crippen LogP contribution in [0.5, 0.6) is 11.5 Å². The molecule has 2 aromatic carbocycles. The predicted octanol–water partition coefficient (Wildman–Crippen LogP) is 7.28. The van der Waals surface area contributed by atoms with Gasteiger partial charge < -0.3 is 14.8 Å². The maximum absolute atomic E-state index is 13.3. The lowest BCUT2D eigenvalue weighted by atomic mass is 9.98. The van der Waals surface area contributed by atoms with E-state index in [4.69, 9.17) is 9.47 Å². The molecule has 1 N–H and O–H groups in total. The third-order valence-electron chi connectivity index (χ3n) is 7.77. The van der Waals surface area contributed by atoms with Crippen LogP contribution in [0.25, 0.3) is 0 Å². The maximum atomic E-state index is 13.3. The summed E-state index contributed by atoms with van der Waals surface area (Å²) >= 11 is 0. The standard InChI is InChI=1S/C34H45FN2O4/c1-5-37(3,4)29-15-12-27(13-16-29)25-33(38)36-22-10-8-6-7-9-11-23-40-30-17-19-31(20-18-30)41-34(39)32-21-14-28(35)24-26(32)2/h12,14-15,17-21,24H,5-11,13,16,22-23,25H2,1-4H3/p+1. The zero-order chi connectivity index (χ0) is 29.7. The molecule has 0 atom stereocenters. The summed E-state index contributed by atoms with van der Waals surface area (Å²) in [5.41, 5.74) is 3.52. The number of unbranched alkanes of at least 4 members (excludes halogenated alkanes) is 5. The number of amides is 1. The molecule has 0 bridgehead atoms. The maximum Gasteiger partial charge on any atom is 0.343 e. The number of aryl methyl sites for hydroxylation is 1. The van der Waals surface area contributed by atoms with E-state index in [1.54, 1.807) is 31.2 Å². The number of nitrogens with zero attached hydrogens (tertiary/aromatic N) is 1. The van der Waals surface area contributed by atoms with Gasteiger partial charge in [-0.15, -0.1) is 0 Å². The van der Waals surface area contributed by atoms with Crippen LogP contribution in [0.2, 0.25) is 0 Å². The fraction of sp³-hybridized carbons (Fsp3) is 0.471. The molecule has 3 rings (SSSR count). The number of halogens is 1. The van der Waals surface area contributed by atoms with Crippen LogP contribution >= 0.6 is 0 Å². The van der Waals surface area contributed by atoms with Crippen molar-refractivity contribution in [2.45, 2.75) is 71.6 Å². The SMILES string of the molecule is CC[N+](C)(C)C1=CC=C(CC(=O)NCCCCCCCCOc2ccc(OC(=O)c3ccc(F)cc3C)cc2)CC1. The van der Waals surface area contributed by atoms with Crippen LogP contribution in [-0.2, 0) is 4.79 Å². The van der Waals surface area contributed by atoms with Gasteiger partial charge in [0.1, 0.15) is 23.0 Å². The third-order valence-corrected chi connectivity index (χ3v) is 7.77. The highest BCUT2D eigenvalue weighted by Gasteiger charge is 2.22. The zero-order valence-electron chi connectivity index (χ0n) is 25.1. The van der Waals surface area contributed by atoms with E-state index in [0.717, 1.165) is 74.7 Å². The molecule has 0 saturated heterocycles. The van der Waals surface area contributed by atoms with E-state index < -0.39 is 5.97 Å². The Bertz CT molecular complexity index is 1220. The Balaban J connectivity index is 1.20. The average Bonchev–Trinajstić information content (AvgIpc) is 2.95. The molecule has 1 amide bonds. The number of quaternary nitrogens is 1. The first-order valence-corrected chi connectivity index (χ1v) is 14.9. The minimum Gasteiger partial charge on any atom is -0.494 e. The Morgan fingerprint density at radius 3 is 2.24 bits per heavy atom. The molecule has 222 valence electrons. The molecule has 2 aromatic rings. The van der Waals surface area contributed by atoms with Crippen molar-refractivity contribution in [2.75, 3.05) is 33.8 Å². The van der Waals surface area contributed by atoms with Crippen LogP contribution in [0, 0.1) is 12.7 Å². The molecule has 0 unspecified atom stereocenters. The molecular formula is C34H46FN2O4+. The van der Waals surface area contributed by atoms with Crippen LogP contribution in [0.1, 0.15) is 80.6 Å². The predicted molar refractivity (Wildman–Crippen MR) is 161 cm³/mol. The molecule has 1 aliphatic rings. The van der Waals surface area contributed by atoms with Crippen LogP contribution in [0.15, 0.2) is 65.9 Å². The van der Waals surface area contributed by atoms with Gasteiger partial charge in [0.15, 0.2) is 0 Å². The van der Waals surface area contributed by atoms with Crippen molar-refractivity contribution >= 4 is 11.9 Å². The number of hydrogen-bond acceptors (Lipinski definition) is 4. The van der Waals surface area contributed by atoms with Gasteiger partial charge in [-0.3, -0.25) is 9.28 Å². The van der Waals surface area contributed by atoms with Gasteiger partial charge in [-0.1, -0.05) is 37.3 Å². The van der Waals surface area contributed by atoms with E-state index in [-0.39, 0.29) is 11.7 Å². The topological polar surface area (TPSA) is 64.6 Å². The Labute approximate surface area is 244 Å². The molecule has 0 fully saturated rings. The summed E-state index contributed by atoms with van der Waals surface area (Å²) in [6, 6.07) is 10.9. The molecular weight excluding hydrogens is 519 g/mol. The monoisotopic (exact) mass is 565 g/mol. The number of ether oxygens (including phenoxy) is 2. The normalized spacial score (nSPS) is 13.3. The largest absolute Gasteiger partial charge is 0.494 e. The minimum atomic E-state index is -0.516. The van der Waals surface area contributed by atoms with Gasteiger partial charge in [0.25, 0.3) is 0 Å². The molecule has 0 radical (unpaired) electrons. The molecule has 0 spiro atoms. The minimum absolute atomic E-state index is 0.128. The van der Waals surface area contributed by atoms with Gasteiger partial charge in [-0.25, -0.2) is 9.18 Å². The third kappa shape index (κ3) is 10.8. The highest BCUT2D eigenvalue weighted by atomic mass is 19.1. The zero-order valence-corrected chi connectivity index (χ0v) is 25.1. The van der Waals surface area contributed by atoms with Gasteiger partial charge >= 0.3 is 5.97 Å². The van der Waals surface area contributed by atoms with Crippen LogP contribution in [-0.4, -0.2) is 50.2 Å². The van der Waals surface area contributed by atoms with Gasteiger partial charge in [-0.2, -0.15) is 0 Å². The van der Waals surface area contributed by atoms with Gasteiger partial charge in [-0.05, 0) is 87.2 Å². The quantitative estimate of drug-likeness (QED) is 0.101. The van der Waals surface area contributed by atoms with Crippen LogP contribution in [0.4, 0.5) is 4.39 Å². The van der Waals surface area contributed by atoms with Gasteiger partial charge in [0.05, 0.1) is 32.8 Å². The molecule has 0 heterocycles. The number of rotatable bonds is 16. The highest BCUT2D eigenvalue weighted by Crippen LogP contribution is 2.26. The Morgan fingerprint density at radius 1 is 0.902 bits per heavy atom. The van der Waals surface area contributed by atoms with Crippen molar-refractivity contribution in [1.29, 1.82) is 0 Å². The lowest BCUT2D eigenvalue weighted by Gasteiger charge is -2.31. The first kappa shape index (κ1) is 32.1. The van der Waals surface area contributed by atoms with Crippen molar-refractivity contribution in [1.82, 2.24) is 5.32 Å². The summed E-state index contributed by atoms with van der Waals surface area (Å²) in [5, 5.41) is 3.07. The molecule has 7 heteroatoms. The number of hydrogen-bond donors (Lipinski definition) is 1. The summed E-state index contributed by atoms with van der Waals surface area (Å²) < 4.78 is 25.4. The molecule has 0 saturated carbocycles. The number of benzene rings is 2. The van der Waals surface area contributed by atoms with Crippen molar-refractivity contribution in [3.63, 3.8) is 0 Å². The van der Waals surface area contributed by atoms with E-state index in [1.807, 2.05) is 0 Å². The number of allylic oxidation sites excluding steroid dienone is 3. The fourth-order valence-electron chi connectivity index (χ4n) is 4.77. The summed E-state index contributed by atoms with van der Waals surface area (Å²) in [6.07, 6.45) is 13.3. The van der Waals surface area contributed by atoms with E-state index in [1.165, 1.54) is 29.5 Å². The van der Waals surface area contributed by atoms with E-state index in [9.17, 15) is 14.0 Å². The van der Waals surface area contributed by atoms with Crippen molar-refractivity contribution in [3.8, 4) is 11.5 Å². The molecule has 41 heavy (non-hydrogen) atoms. The van der Waals surface area contributed by atoms with Crippen LogP contribution in [0.3, 0.4) is 0 Å². The second kappa shape index (κ2) is 16.1. The first-order chi connectivity index (χ1) is 19.7. The molecule has 6 nitrogen and oxygen atoms in total. The second-order valence-corrected chi connectivity index (χ2v) is 11.3. The molecule has 0 aromatic heterocycles. The van der Waals surface area contributed by atoms with Crippen LogP contribution < -0.4 is 14.8 Å². The number of carbonyl (C=O) groups excluding carboxylic acids is 2. The summed E-state index contributed by atoms with van der Waals surface area (Å²) in [5.74, 6) is 0.367. The van der Waals surface area contributed by atoms with E-state index >= 15 is 0 Å². The van der Waals surface area contributed by atoms with Gasteiger partial charge in [0, 0.05) is 19.4 Å².